The number of rotatable bonds is 6. The van der Waals surface area contributed by atoms with Crippen molar-refractivity contribution in [1.82, 2.24) is 15.1 Å². The van der Waals surface area contributed by atoms with E-state index in [2.05, 4.69) is 58.9 Å². The summed E-state index contributed by atoms with van der Waals surface area (Å²) in [4.78, 5) is 13.0. The van der Waals surface area contributed by atoms with E-state index >= 15 is 0 Å². The van der Waals surface area contributed by atoms with Crippen LogP contribution in [-0.4, -0.2) is 22.8 Å². The van der Waals surface area contributed by atoms with E-state index in [4.69, 9.17) is 4.74 Å². The molecule has 0 saturated carbocycles. The van der Waals surface area contributed by atoms with Crippen LogP contribution in [0.5, 0.6) is 5.75 Å². The molecule has 148 valence electrons. The third-order valence-electron chi connectivity index (χ3n) is 4.62. The van der Waals surface area contributed by atoms with Crippen LogP contribution in [0.15, 0.2) is 30.3 Å². The zero-order valence-corrected chi connectivity index (χ0v) is 17.8. The van der Waals surface area contributed by atoms with Gasteiger partial charge in [-0.3, -0.25) is 9.48 Å². The number of methoxy groups -OCH3 is 1. The molecule has 1 aromatic heterocycles. The quantitative estimate of drug-likeness (QED) is 0.786. The van der Waals surface area contributed by atoms with Gasteiger partial charge in [0.15, 0.2) is 0 Å². The van der Waals surface area contributed by atoms with Gasteiger partial charge in [0.2, 0.25) is 0 Å². The first-order chi connectivity index (χ1) is 12.5. The van der Waals surface area contributed by atoms with Gasteiger partial charge in [0.25, 0.3) is 5.91 Å². The highest BCUT2D eigenvalue weighted by Crippen LogP contribution is 2.26. The fourth-order valence-corrected chi connectivity index (χ4v) is 3.12. The Hall–Kier alpha value is -2.30. The molecule has 0 aliphatic carbocycles. The second kappa shape index (κ2) is 8.15. The Morgan fingerprint density at radius 3 is 2.11 bits per heavy atom. The fraction of sp³-hybridized carbons (Fsp3) is 0.545. The maximum Gasteiger partial charge on any atom is 0.272 e. The first-order valence-corrected chi connectivity index (χ1v) is 9.59. The molecule has 0 saturated heterocycles. The van der Waals surface area contributed by atoms with E-state index in [-0.39, 0.29) is 23.4 Å². The van der Waals surface area contributed by atoms with Gasteiger partial charge in [0.1, 0.15) is 11.4 Å². The number of ether oxygens (including phenoxy) is 1. The SMILES string of the molecule is COc1ccc(C(NC(=O)c2cc(C(C)C)n(C(C)(C)C)n2)C(C)C)cc1. The van der Waals surface area contributed by atoms with E-state index in [1.165, 1.54) is 0 Å². The number of nitrogens with one attached hydrogen (secondary N) is 1. The van der Waals surface area contributed by atoms with Crippen molar-refractivity contribution < 1.29 is 9.53 Å². The monoisotopic (exact) mass is 371 g/mol. The third-order valence-corrected chi connectivity index (χ3v) is 4.62. The minimum Gasteiger partial charge on any atom is -0.497 e. The molecule has 2 rings (SSSR count). The van der Waals surface area contributed by atoms with Crippen molar-refractivity contribution in [3.05, 3.63) is 47.3 Å². The smallest absolute Gasteiger partial charge is 0.272 e. The minimum absolute atomic E-state index is 0.0920. The summed E-state index contributed by atoms with van der Waals surface area (Å²) in [6.45, 7) is 14.7. The molecule has 0 aliphatic heterocycles. The molecular weight excluding hydrogens is 338 g/mol. The molecule has 0 aliphatic rings. The predicted molar refractivity (Wildman–Crippen MR) is 109 cm³/mol. The molecule has 27 heavy (non-hydrogen) atoms. The molecule has 1 atom stereocenters. The van der Waals surface area contributed by atoms with Crippen LogP contribution in [0.25, 0.3) is 0 Å². The normalized spacial score (nSPS) is 13.1. The third kappa shape index (κ3) is 4.90. The lowest BCUT2D eigenvalue weighted by Crippen LogP contribution is -2.32. The number of carbonyl (C=O) groups is 1. The summed E-state index contributed by atoms with van der Waals surface area (Å²) in [5.74, 6) is 1.20. The van der Waals surface area contributed by atoms with Gasteiger partial charge in [0.05, 0.1) is 18.7 Å². The topological polar surface area (TPSA) is 56.1 Å². The Morgan fingerprint density at radius 2 is 1.70 bits per heavy atom. The summed E-state index contributed by atoms with van der Waals surface area (Å²) in [5, 5.41) is 7.78. The highest BCUT2D eigenvalue weighted by molar-refractivity contribution is 5.92. The Balaban J connectivity index is 2.30. The second-order valence-corrected chi connectivity index (χ2v) is 8.66. The number of benzene rings is 1. The van der Waals surface area contributed by atoms with Crippen molar-refractivity contribution in [2.45, 2.75) is 66.0 Å². The molecular formula is C22H33N3O2. The average Bonchev–Trinajstić information content (AvgIpc) is 3.05. The van der Waals surface area contributed by atoms with Crippen molar-refractivity contribution in [1.29, 1.82) is 0 Å². The Morgan fingerprint density at radius 1 is 1.11 bits per heavy atom. The van der Waals surface area contributed by atoms with Gasteiger partial charge in [0, 0.05) is 5.69 Å². The summed E-state index contributed by atoms with van der Waals surface area (Å²) in [5.41, 5.74) is 2.41. The van der Waals surface area contributed by atoms with E-state index in [0.29, 0.717) is 11.6 Å². The van der Waals surface area contributed by atoms with Gasteiger partial charge in [-0.1, -0.05) is 39.8 Å². The molecule has 0 fully saturated rings. The van der Waals surface area contributed by atoms with Crippen molar-refractivity contribution >= 4 is 5.91 Å². The zero-order valence-electron chi connectivity index (χ0n) is 17.8. The summed E-state index contributed by atoms with van der Waals surface area (Å²) in [7, 11) is 1.65. The second-order valence-electron chi connectivity index (χ2n) is 8.66. The maximum absolute atomic E-state index is 13.0. The summed E-state index contributed by atoms with van der Waals surface area (Å²) < 4.78 is 7.19. The first kappa shape index (κ1) is 21.0. The van der Waals surface area contributed by atoms with Crippen LogP contribution in [0.3, 0.4) is 0 Å². The lowest BCUT2D eigenvalue weighted by molar-refractivity contribution is 0.0919. The number of hydrogen-bond donors (Lipinski definition) is 1. The first-order valence-electron chi connectivity index (χ1n) is 9.59. The molecule has 1 amide bonds. The number of aromatic nitrogens is 2. The molecule has 0 spiro atoms. The van der Waals surface area contributed by atoms with Gasteiger partial charge < -0.3 is 10.1 Å². The molecule has 5 heteroatoms. The molecule has 0 bridgehead atoms. The number of nitrogens with zero attached hydrogens (tertiary/aromatic N) is 2. The number of carbonyl (C=O) groups excluding carboxylic acids is 1. The Bertz CT molecular complexity index is 768. The van der Waals surface area contributed by atoms with Gasteiger partial charge >= 0.3 is 0 Å². The van der Waals surface area contributed by atoms with E-state index in [9.17, 15) is 4.79 Å². The van der Waals surface area contributed by atoms with Crippen LogP contribution in [0.2, 0.25) is 0 Å². The lowest BCUT2D eigenvalue weighted by Gasteiger charge is -2.24. The molecule has 0 radical (unpaired) electrons. The van der Waals surface area contributed by atoms with Crippen LogP contribution in [0.4, 0.5) is 0 Å². The van der Waals surface area contributed by atoms with Gasteiger partial charge in [-0.15, -0.1) is 0 Å². The Kier molecular flexibility index (Phi) is 6.34. The van der Waals surface area contributed by atoms with Gasteiger partial charge in [-0.2, -0.15) is 5.10 Å². The maximum atomic E-state index is 13.0. The van der Waals surface area contributed by atoms with Crippen molar-refractivity contribution in [3.8, 4) is 5.75 Å². The van der Waals surface area contributed by atoms with Crippen molar-refractivity contribution in [2.24, 2.45) is 5.92 Å². The van der Waals surface area contributed by atoms with Crippen LogP contribution in [0, 0.1) is 5.92 Å². The standard InChI is InChI=1S/C22H33N3O2/c1-14(2)19-13-18(24-25(19)22(5,6)7)21(26)23-20(15(3)4)16-9-11-17(27-8)12-10-16/h9-15,20H,1-8H3,(H,23,26). The van der Waals surface area contributed by atoms with Gasteiger partial charge in [-0.05, 0) is 56.4 Å². The van der Waals surface area contributed by atoms with E-state index in [1.54, 1.807) is 7.11 Å². The largest absolute Gasteiger partial charge is 0.497 e. The van der Waals surface area contributed by atoms with Crippen molar-refractivity contribution in [2.75, 3.05) is 7.11 Å². The summed E-state index contributed by atoms with van der Waals surface area (Å²) in [6, 6.07) is 9.65. The van der Waals surface area contributed by atoms with Crippen molar-refractivity contribution in [3.63, 3.8) is 0 Å². The molecule has 5 nitrogen and oxygen atoms in total. The van der Waals surface area contributed by atoms with Crippen LogP contribution in [0.1, 0.15) is 82.2 Å². The summed E-state index contributed by atoms with van der Waals surface area (Å²) in [6.07, 6.45) is 0. The minimum atomic E-state index is -0.175. The van der Waals surface area contributed by atoms with Crippen LogP contribution in [-0.2, 0) is 5.54 Å². The van der Waals surface area contributed by atoms with Crippen LogP contribution >= 0.6 is 0 Å². The van der Waals surface area contributed by atoms with E-state index in [1.807, 2.05) is 35.0 Å². The van der Waals surface area contributed by atoms with Gasteiger partial charge in [-0.25, -0.2) is 0 Å². The molecule has 2 aromatic rings. The Labute approximate surface area is 163 Å². The predicted octanol–water partition coefficient (Wildman–Crippen LogP) is 4.90. The van der Waals surface area contributed by atoms with E-state index in [0.717, 1.165) is 17.0 Å². The lowest BCUT2D eigenvalue weighted by atomic mass is 9.95. The van der Waals surface area contributed by atoms with E-state index < -0.39 is 0 Å². The average molecular weight is 372 g/mol. The molecule has 1 unspecified atom stereocenters. The molecule has 1 N–H and O–H groups in total. The highest BCUT2D eigenvalue weighted by atomic mass is 16.5. The summed E-state index contributed by atoms with van der Waals surface area (Å²) >= 11 is 0. The highest BCUT2D eigenvalue weighted by Gasteiger charge is 2.25. The molecule has 1 aromatic carbocycles. The zero-order chi connectivity index (χ0) is 20.4. The number of hydrogen-bond acceptors (Lipinski definition) is 3. The molecule has 1 heterocycles. The number of amides is 1. The van der Waals surface area contributed by atoms with Crippen LogP contribution < -0.4 is 10.1 Å². The fourth-order valence-electron chi connectivity index (χ4n) is 3.12.